The molecule has 0 saturated carbocycles. The quantitative estimate of drug-likeness (QED) is 0.912. The maximum Gasteiger partial charge on any atom is 0.243 e. The molecule has 0 radical (unpaired) electrons. The standard InChI is InChI=1S/C13H16FN3OS/c1-8-7-9(3-4-10(8)14)12-16-13(18-17-12)11(15)5-6-19-2/h3-4,7,11H,5-6,15H2,1-2H3/t11-/m0/s1. The molecule has 102 valence electrons. The minimum absolute atomic E-state index is 0.246. The van der Waals surface area contributed by atoms with E-state index in [0.29, 0.717) is 17.3 Å². The summed E-state index contributed by atoms with van der Waals surface area (Å²) in [5.41, 5.74) is 7.24. The zero-order valence-corrected chi connectivity index (χ0v) is 11.7. The summed E-state index contributed by atoms with van der Waals surface area (Å²) in [7, 11) is 0. The zero-order valence-electron chi connectivity index (χ0n) is 10.9. The third-order valence-corrected chi connectivity index (χ3v) is 3.45. The molecule has 0 saturated heterocycles. The van der Waals surface area contributed by atoms with Crippen molar-refractivity contribution in [3.05, 3.63) is 35.5 Å². The number of hydrogen-bond donors (Lipinski definition) is 1. The van der Waals surface area contributed by atoms with Gasteiger partial charge in [-0.15, -0.1) is 0 Å². The van der Waals surface area contributed by atoms with E-state index in [1.54, 1.807) is 30.8 Å². The zero-order chi connectivity index (χ0) is 13.8. The Bertz CT molecular complexity index is 559. The van der Waals surface area contributed by atoms with Crippen molar-refractivity contribution in [1.29, 1.82) is 0 Å². The minimum atomic E-state index is -0.254. The number of nitrogens with two attached hydrogens (primary N) is 1. The number of benzene rings is 1. The number of nitrogens with zero attached hydrogens (tertiary/aromatic N) is 2. The van der Waals surface area contributed by atoms with E-state index in [4.69, 9.17) is 10.3 Å². The first-order chi connectivity index (χ1) is 9.11. The van der Waals surface area contributed by atoms with Crippen molar-refractivity contribution in [2.45, 2.75) is 19.4 Å². The van der Waals surface area contributed by atoms with Crippen LogP contribution in [0.2, 0.25) is 0 Å². The highest BCUT2D eigenvalue weighted by Gasteiger charge is 2.15. The third-order valence-electron chi connectivity index (χ3n) is 2.81. The van der Waals surface area contributed by atoms with E-state index in [2.05, 4.69) is 10.1 Å². The summed E-state index contributed by atoms with van der Waals surface area (Å²) in [5, 5.41) is 3.89. The van der Waals surface area contributed by atoms with Crippen LogP contribution in [0, 0.1) is 12.7 Å². The maximum atomic E-state index is 13.2. The molecule has 1 aromatic carbocycles. The first kappa shape index (κ1) is 14.0. The van der Waals surface area contributed by atoms with Gasteiger partial charge in [0.1, 0.15) is 5.82 Å². The highest BCUT2D eigenvalue weighted by Crippen LogP contribution is 2.21. The smallest absolute Gasteiger partial charge is 0.243 e. The van der Waals surface area contributed by atoms with Gasteiger partial charge < -0.3 is 10.3 Å². The molecule has 0 fully saturated rings. The fraction of sp³-hybridized carbons (Fsp3) is 0.385. The molecular weight excluding hydrogens is 265 g/mol. The number of aromatic nitrogens is 2. The molecule has 0 unspecified atom stereocenters. The fourth-order valence-corrected chi connectivity index (χ4v) is 2.14. The second kappa shape index (κ2) is 6.16. The Balaban J connectivity index is 2.18. The van der Waals surface area contributed by atoms with Gasteiger partial charge in [-0.25, -0.2) is 4.39 Å². The van der Waals surface area contributed by atoms with Crippen LogP contribution in [0.15, 0.2) is 22.7 Å². The predicted molar refractivity (Wildman–Crippen MR) is 74.4 cm³/mol. The summed E-state index contributed by atoms with van der Waals surface area (Å²) in [5.74, 6) is 1.56. The molecule has 1 atom stereocenters. The van der Waals surface area contributed by atoms with E-state index in [9.17, 15) is 4.39 Å². The van der Waals surface area contributed by atoms with Crippen molar-refractivity contribution in [2.24, 2.45) is 5.73 Å². The van der Waals surface area contributed by atoms with Crippen molar-refractivity contribution in [3.63, 3.8) is 0 Å². The molecule has 0 spiro atoms. The largest absolute Gasteiger partial charge is 0.337 e. The van der Waals surface area contributed by atoms with Crippen LogP contribution >= 0.6 is 11.8 Å². The molecule has 4 nitrogen and oxygen atoms in total. The van der Waals surface area contributed by atoms with Crippen LogP contribution in [0.3, 0.4) is 0 Å². The predicted octanol–water partition coefficient (Wildman–Crippen LogP) is 2.94. The van der Waals surface area contributed by atoms with Crippen LogP contribution < -0.4 is 5.73 Å². The summed E-state index contributed by atoms with van der Waals surface area (Å²) in [6.45, 7) is 1.70. The van der Waals surface area contributed by atoms with Gasteiger partial charge in [-0.1, -0.05) is 5.16 Å². The summed E-state index contributed by atoms with van der Waals surface area (Å²) < 4.78 is 18.4. The molecule has 0 aliphatic carbocycles. The van der Waals surface area contributed by atoms with Crippen LogP contribution in [0.1, 0.15) is 23.9 Å². The molecule has 0 amide bonds. The fourth-order valence-electron chi connectivity index (χ4n) is 1.66. The van der Waals surface area contributed by atoms with Crippen LogP contribution in [0.25, 0.3) is 11.4 Å². The van der Waals surface area contributed by atoms with E-state index in [0.717, 1.165) is 17.7 Å². The second-order valence-electron chi connectivity index (χ2n) is 4.31. The van der Waals surface area contributed by atoms with Crippen LogP contribution in [-0.4, -0.2) is 22.1 Å². The van der Waals surface area contributed by atoms with Gasteiger partial charge in [-0.05, 0) is 49.1 Å². The number of thioether (sulfide) groups is 1. The highest BCUT2D eigenvalue weighted by atomic mass is 32.2. The molecule has 0 bridgehead atoms. The first-order valence-electron chi connectivity index (χ1n) is 5.96. The monoisotopic (exact) mass is 281 g/mol. The Labute approximate surface area is 115 Å². The molecule has 19 heavy (non-hydrogen) atoms. The van der Waals surface area contributed by atoms with E-state index in [1.807, 2.05) is 6.26 Å². The van der Waals surface area contributed by atoms with Gasteiger partial charge in [0, 0.05) is 5.56 Å². The van der Waals surface area contributed by atoms with Crippen molar-refractivity contribution in [1.82, 2.24) is 10.1 Å². The van der Waals surface area contributed by atoms with Gasteiger partial charge in [0.2, 0.25) is 11.7 Å². The van der Waals surface area contributed by atoms with Gasteiger partial charge in [-0.2, -0.15) is 16.7 Å². The molecule has 1 aromatic heterocycles. The van der Waals surface area contributed by atoms with E-state index >= 15 is 0 Å². The Morgan fingerprint density at radius 1 is 1.47 bits per heavy atom. The Morgan fingerprint density at radius 3 is 2.95 bits per heavy atom. The number of rotatable bonds is 5. The molecule has 0 aliphatic rings. The van der Waals surface area contributed by atoms with Crippen LogP contribution in [0.4, 0.5) is 4.39 Å². The topological polar surface area (TPSA) is 64.9 Å². The lowest BCUT2D eigenvalue weighted by atomic mass is 10.1. The van der Waals surface area contributed by atoms with Crippen LogP contribution in [0.5, 0.6) is 0 Å². The van der Waals surface area contributed by atoms with Crippen molar-refractivity contribution in [2.75, 3.05) is 12.0 Å². The van der Waals surface area contributed by atoms with Gasteiger partial charge in [0.15, 0.2) is 0 Å². The van der Waals surface area contributed by atoms with Crippen molar-refractivity contribution >= 4 is 11.8 Å². The number of halogens is 1. The van der Waals surface area contributed by atoms with E-state index < -0.39 is 0 Å². The molecular formula is C13H16FN3OS. The Hall–Kier alpha value is -1.40. The van der Waals surface area contributed by atoms with Crippen molar-refractivity contribution in [3.8, 4) is 11.4 Å². The van der Waals surface area contributed by atoms with Gasteiger partial charge in [-0.3, -0.25) is 0 Å². The highest BCUT2D eigenvalue weighted by molar-refractivity contribution is 7.98. The number of hydrogen-bond acceptors (Lipinski definition) is 5. The molecule has 2 N–H and O–H groups in total. The Kier molecular flexibility index (Phi) is 4.55. The van der Waals surface area contributed by atoms with E-state index in [-0.39, 0.29) is 11.9 Å². The van der Waals surface area contributed by atoms with Crippen molar-refractivity contribution < 1.29 is 8.91 Å². The lowest BCUT2D eigenvalue weighted by Crippen LogP contribution is -2.11. The average Bonchev–Trinajstić information content (AvgIpc) is 2.89. The van der Waals surface area contributed by atoms with Gasteiger partial charge in [0.05, 0.1) is 6.04 Å². The number of aryl methyl sites for hydroxylation is 1. The van der Waals surface area contributed by atoms with Gasteiger partial charge in [0.25, 0.3) is 0 Å². The molecule has 0 aliphatic heterocycles. The molecule has 6 heteroatoms. The third kappa shape index (κ3) is 3.33. The maximum absolute atomic E-state index is 13.2. The summed E-state index contributed by atoms with van der Waals surface area (Å²) >= 11 is 1.72. The molecule has 1 heterocycles. The lowest BCUT2D eigenvalue weighted by Gasteiger charge is -2.03. The van der Waals surface area contributed by atoms with Gasteiger partial charge >= 0.3 is 0 Å². The molecule has 2 aromatic rings. The molecule has 2 rings (SSSR count). The van der Waals surface area contributed by atoms with E-state index in [1.165, 1.54) is 6.07 Å². The summed E-state index contributed by atoms with van der Waals surface area (Å²) in [6.07, 6.45) is 2.80. The summed E-state index contributed by atoms with van der Waals surface area (Å²) in [6, 6.07) is 4.46. The second-order valence-corrected chi connectivity index (χ2v) is 5.29. The minimum Gasteiger partial charge on any atom is -0.337 e. The Morgan fingerprint density at radius 2 is 2.26 bits per heavy atom. The first-order valence-corrected chi connectivity index (χ1v) is 7.36. The SMILES string of the molecule is CSCC[C@H](N)c1nc(-c2ccc(F)c(C)c2)no1. The average molecular weight is 281 g/mol. The lowest BCUT2D eigenvalue weighted by molar-refractivity contribution is 0.353. The normalized spacial score (nSPS) is 12.6. The summed E-state index contributed by atoms with van der Waals surface area (Å²) in [4.78, 5) is 4.27. The van der Waals surface area contributed by atoms with Crippen LogP contribution in [-0.2, 0) is 0 Å².